The van der Waals surface area contributed by atoms with Gasteiger partial charge < -0.3 is 5.11 Å². The standard InChI is InChI=1S/C14H17N3O2/c1-10-9-15-17(16-10)12-6-4-11(5-7-12)14(2,3)8-13(18)19/h4-7,9H,8H2,1-3H3,(H,18,19). The van der Waals surface area contributed by atoms with Gasteiger partial charge in [0.2, 0.25) is 0 Å². The average molecular weight is 259 g/mol. The zero-order chi connectivity index (χ0) is 14.0. The van der Waals surface area contributed by atoms with Crippen molar-refractivity contribution >= 4 is 5.97 Å². The molecule has 0 saturated heterocycles. The van der Waals surface area contributed by atoms with Crippen LogP contribution in [-0.2, 0) is 10.2 Å². The number of nitrogens with zero attached hydrogens (tertiary/aromatic N) is 3. The predicted molar refractivity (Wildman–Crippen MR) is 71.4 cm³/mol. The molecule has 0 fully saturated rings. The van der Waals surface area contributed by atoms with Gasteiger partial charge in [0.25, 0.3) is 0 Å². The average Bonchev–Trinajstić information content (AvgIpc) is 2.74. The largest absolute Gasteiger partial charge is 0.481 e. The van der Waals surface area contributed by atoms with Crippen molar-refractivity contribution in [1.82, 2.24) is 15.0 Å². The number of carboxylic acid groups (broad SMARTS) is 1. The summed E-state index contributed by atoms with van der Waals surface area (Å²) in [5.74, 6) is -0.793. The van der Waals surface area contributed by atoms with Gasteiger partial charge in [0, 0.05) is 5.41 Å². The van der Waals surface area contributed by atoms with Crippen molar-refractivity contribution in [2.45, 2.75) is 32.6 Å². The quantitative estimate of drug-likeness (QED) is 0.915. The van der Waals surface area contributed by atoms with Gasteiger partial charge in [-0.3, -0.25) is 4.79 Å². The molecular weight excluding hydrogens is 242 g/mol. The summed E-state index contributed by atoms with van der Waals surface area (Å²) < 4.78 is 0. The van der Waals surface area contributed by atoms with Gasteiger partial charge in [-0.1, -0.05) is 26.0 Å². The molecule has 0 unspecified atom stereocenters. The van der Waals surface area contributed by atoms with Crippen molar-refractivity contribution in [1.29, 1.82) is 0 Å². The van der Waals surface area contributed by atoms with Crippen molar-refractivity contribution < 1.29 is 9.90 Å². The van der Waals surface area contributed by atoms with Crippen LogP contribution in [0.15, 0.2) is 30.5 Å². The molecule has 1 heterocycles. The molecule has 2 aromatic rings. The van der Waals surface area contributed by atoms with Crippen LogP contribution >= 0.6 is 0 Å². The number of benzene rings is 1. The summed E-state index contributed by atoms with van der Waals surface area (Å²) in [6.45, 7) is 5.73. The molecular formula is C14H17N3O2. The number of carbonyl (C=O) groups is 1. The van der Waals surface area contributed by atoms with Crippen molar-refractivity contribution in [3.63, 3.8) is 0 Å². The predicted octanol–water partition coefficient (Wildman–Crippen LogP) is 2.33. The first-order valence-corrected chi connectivity index (χ1v) is 6.10. The molecule has 0 aliphatic rings. The van der Waals surface area contributed by atoms with E-state index in [-0.39, 0.29) is 6.42 Å². The van der Waals surface area contributed by atoms with E-state index in [0.29, 0.717) is 0 Å². The van der Waals surface area contributed by atoms with Crippen LogP contribution in [0.3, 0.4) is 0 Å². The summed E-state index contributed by atoms with van der Waals surface area (Å²) in [6, 6.07) is 7.66. The molecule has 1 N–H and O–H groups in total. The Morgan fingerprint density at radius 1 is 1.32 bits per heavy atom. The number of hydrogen-bond acceptors (Lipinski definition) is 3. The molecule has 5 nitrogen and oxygen atoms in total. The van der Waals surface area contributed by atoms with Gasteiger partial charge in [0.1, 0.15) is 0 Å². The Morgan fingerprint density at radius 3 is 2.42 bits per heavy atom. The van der Waals surface area contributed by atoms with Gasteiger partial charge in [-0.25, -0.2) is 0 Å². The van der Waals surface area contributed by atoms with E-state index in [1.54, 1.807) is 11.0 Å². The monoisotopic (exact) mass is 259 g/mol. The molecule has 0 saturated carbocycles. The highest BCUT2D eigenvalue weighted by atomic mass is 16.4. The van der Waals surface area contributed by atoms with Crippen molar-refractivity contribution in [2.24, 2.45) is 0 Å². The van der Waals surface area contributed by atoms with Crippen molar-refractivity contribution in [2.75, 3.05) is 0 Å². The molecule has 1 aromatic heterocycles. The van der Waals surface area contributed by atoms with Crippen LogP contribution in [0.5, 0.6) is 0 Å². The van der Waals surface area contributed by atoms with Gasteiger partial charge >= 0.3 is 5.97 Å². The van der Waals surface area contributed by atoms with Gasteiger partial charge in [-0.15, -0.1) is 0 Å². The van der Waals surface area contributed by atoms with E-state index < -0.39 is 11.4 Å². The second-order valence-corrected chi connectivity index (χ2v) is 5.28. The van der Waals surface area contributed by atoms with Crippen LogP contribution < -0.4 is 0 Å². The minimum absolute atomic E-state index is 0.103. The first-order chi connectivity index (χ1) is 8.88. The Kier molecular flexibility index (Phi) is 3.38. The molecule has 0 aliphatic heterocycles. The Balaban J connectivity index is 2.25. The summed E-state index contributed by atoms with van der Waals surface area (Å²) in [5.41, 5.74) is 2.32. The first-order valence-electron chi connectivity index (χ1n) is 6.10. The summed E-state index contributed by atoms with van der Waals surface area (Å²) in [7, 11) is 0. The minimum atomic E-state index is -0.793. The highest BCUT2D eigenvalue weighted by molar-refractivity contribution is 5.68. The van der Waals surface area contributed by atoms with E-state index in [1.165, 1.54) is 0 Å². The lowest BCUT2D eigenvalue weighted by atomic mass is 9.81. The van der Waals surface area contributed by atoms with E-state index in [2.05, 4.69) is 10.2 Å². The maximum absolute atomic E-state index is 10.9. The highest BCUT2D eigenvalue weighted by Crippen LogP contribution is 2.27. The van der Waals surface area contributed by atoms with Gasteiger partial charge in [-0.2, -0.15) is 15.0 Å². The summed E-state index contributed by atoms with van der Waals surface area (Å²) >= 11 is 0. The fourth-order valence-electron chi connectivity index (χ4n) is 1.99. The summed E-state index contributed by atoms with van der Waals surface area (Å²) in [6.07, 6.45) is 1.80. The topological polar surface area (TPSA) is 68.0 Å². The van der Waals surface area contributed by atoms with Gasteiger partial charge in [0.05, 0.1) is 24.0 Å². The Labute approximate surface area is 111 Å². The fourth-order valence-corrected chi connectivity index (χ4v) is 1.99. The number of aromatic nitrogens is 3. The molecule has 0 radical (unpaired) electrons. The van der Waals surface area contributed by atoms with E-state index >= 15 is 0 Å². The fraction of sp³-hybridized carbons (Fsp3) is 0.357. The lowest BCUT2D eigenvalue weighted by molar-refractivity contribution is -0.138. The lowest BCUT2D eigenvalue weighted by Crippen LogP contribution is -2.21. The second kappa shape index (κ2) is 4.84. The molecule has 100 valence electrons. The number of hydrogen-bond donors (Lipinski definition) is 1. The second-order valence-electron chi connectivity index (χ2n) is 5.28. The van der Waals surface area contributed by atoms with E-state index in [4.69, 9.17) is 5.11 Å². The number of aliphatic carboxylic acids is 1. The molecule has 0 atom stereocenters. The number of rotatable bonds is 4. The zero-order valence-electron chi connectivity index (χ0n) is 11.3. The smallest absolute Gasteiger partial charge is 0.304 e. The van der Waals surface area contributed by atoms with Crippen LogP contribution in [0.1, 0.15) is 31.5 Å². The Hall–Kier alpha value is -2.17. The molecule has 0 bridgehead atoms. The maximum atomic E-state index is 10.9. The number of aryl methyl sites for hydroxylation is 1. The highest BCUT2D eigenvalue weighted by Gasteiger charge is 2.23. The van der Waals surface area contributed by atoms with E-state index in [1.807, 2.05) is 45.0 Å². The van der Waals surface area contributed by atoms with Gasteiger partial charge in [0.15, 0.2) is 0 Å². The molecule has 0 aliphatic carbocycles. The Bertz CT molecular complexity index is 585. The zero-order valence-corrected chi connectivity index (χ0v) is 11.3. The van der Waals surface area contributed by atoms with Crippen LogP contribution in [0, 0.1) is 6.92 Å². The molecule has 19 heavy (non-hydrogen) atoms. The van der Waals surface area contributed by atoms with Crippen LogP contribution in [0.25, 0.3) is 5.69 Å². The molecule has 0 amide bonds. The summed E-state index contributed by atoms with van der Waals surface area (Å²) in [5, 5.41) is 17.3. The van der Waals surface area contributed by atoms with Crippen LogP contribution in [0.4, 0.5) is 0 Å². The van der Waals surface area contributed by atoms with Crippen molar-refractivity contribution in [3.8, 4) is 5.69 Å². The third-order valence-corrected chi connectivity index (χ3v) is 3.08. The van der Waals surface area contributed by atoms with E-state index in [0.717, 1.165) is 16.9 Å². The SMILES string of the molecule is Cc1cnn(-c2ccc(C(C)(C)CC(=O)O)cc2)n1. The molecule has 5 heteroatoms. The molecule has 1 aromatic carbocycles. The van der Waals surface area contributed by atoms with Crippen LogP contribution in [-0.4, -0.2) is 26.1 Å². The van der Waals surface area contributed by atoms with E-state index in [9.17, 15) is 4.79 Å². The van der Waals surface area contributed by atoms with Gasteiger partial charge in [-0.05, 0) is 24.6 Å². The van der Waals surface area contributed by atoms with Crippen LogP contribution in [0.2, 0.25) is 0 Å². The lowest BCUT2D eigenvalue weighted by Gasteiger charge is -2.23. The third-order valence-electron chi connectivity index (χ3n) is 3.08. The Morgan fingerprint density at radius 2 is 1.95 bits per heavy atom. The first kappa shape index (κ1) is 13.3. The van der Waals surface area contributed by atoms with Crippen molar-refractivity contribution in [3.05, 3.63) is 41.7 Å². The molecule has 2 rings (SSSR count). The third kappa shape index (κ3) is 2.99. The molecule has 0 spiro atoms. The minimum Gasteiger partial charge on any atom is -0.481 e. The number of carboxylic acids is 1. The maximum Gasteiger partial charge on any atom is 0.304 e. The summed E-state index contributed by atoms with van der Waals surface area (Å²) in [4.78, 5) is 12.4. The normalized spacial score (nSPS) is 11.5.